The molecule has 1 fully saturated rings. The van der Waals surface area contributed by atoms with Crippen LogP contribution in [0.3, 0.4) is 0 Å². The summed E-state index contributed by atoms with van der Waals surface area (Å²) in [5.74, 6) is 0.657. The molecule has 1 aliphatic heterocycles. The minimum Gasteiger partial charge on any atom is -0.364 e. The lowest BCUT2D eigenvalue weighted by atomic mass is 10.1. The second-order valence-corrected chi connectivity index (χ2v) is 8.63. The SMILES string of the molecule is CCc1ccccc1CNC(=NC)N1CCN(S(=O)(=O)Cc2ccon2)CC1.I. The van der Waals surface area contributed by atoms with Crippen molar-refractivity contribution < 1.29 is 12.9 Å². The molecule has 1 aliphatic rings. The third kappa shape index (κ3) is 6.16. The second-order valence-electron chi connectivity index (χ2n) is 6.66. The van der Waals surface area contributed by atoms with Crippen molar-refractivity contribution in [2.45, 2.75) is 25.6 Å². The zero-order valence-corrected chi connectivity index (χ0v) is 19.9. The van der Waals surface area contributed by atoms with Crippen molar-refractivity contribution >= 4 is 40.0 Å². The van der Waals surface area contributed by atoms with E-state index in [2.05, 4.69) is 45.5 Å². The molecule has 2 aromatic rings. The lowest BCUT2D eigenvalue weighted by Crippen LogP contribution is -2.53. The first-order valence-electron chi connectivity index (χ1n) is 9.43. The Kier molecular flexibility index (Phi) is 8.90. The van der Waals surface area contributed by atoms with Crippen molar-refractivity contribution in [1.82, 2.24) is 19.7 Å². The third-order valence-corrected chi connectivity index (χ3v) is 6.71. The van der Waals surface area contributed by atoms with E-state index < -0.39 is 10.0 Å². The Hall–Kier alpha value is -1.66. The fourth-order valence-electron chi connectivity index (χ4n) is 3.35. The number of rotatable bonds is 6. The van der Waals surface area contributed by atoms with Crippen molar-refractivity contribution in [3.8, 4) is 0 Å². The largest absolute Gasteiger partial charge is 0.364 e. The average Bonchev–Trinajstić information content (AvgIpc) is 3.21. The van der Waals surface area contributed by atoms with Gasteiger partial charge in [-0.2, -0.15) is 4.31 Å². The number of aromatic nitrogens is 1. The zero-order chi connectivity index (χ0) is 20.0. The first-order chi connectivity index (χ1) is 13.5. The molecule has 8 nitrogen and oxygen atoms in total. The zero-order valence-electron chi connectivity index (χ0n) is 16.7. The van der Waals surface area contributed by atoms with E-state index in [4.69, 9.17) is 4.52 Å². The minimum atomic E-state index is -3.40. The smallest absolute Gasteiger partial charge is 0.220 e. The van der Waals surface area contributed by atoms with Gasteiger partial charge in [0.05, 0.1) is 5.69 Å². The Morgan fingerprint density at radius 3 is 2.45 bits per heavy atom. The number of piperazine rings is 1. The number of halogens is 1. The van der Waals surface area contributed by atoms with Gasteiger partial charge in [0.2, 0.25) is 10.0 Å². The number of nitrogens with one attached hydrogen (secondary N) is 1. The summed E-state index contributed by atoms with van der Waals surface area (Å²) >= 11 is 0. The maximum atomic E-state index is 12.6. The summed E-state index contributed by atoms with van der Waals surface area (Å²) in [6, 6.07) is 9.92. The highest BCUT2D eigenvalue weighted by Gasteiger charge is 2.28. The van der Waals surface area contributed by atoms with Gasteiger partial charge in [-0.3, -0.25) is 4.99 Å². The monoisotopic (exact) mass is 533 g/mol. The van der Waals surface area contributed by atoms with Crippen LogP contribution in [0, 0.1) is 0 Å². The van der Waals surface area contributed by atoms with E-state index in [9.17, 15) is 8.42 Å². The molecule has 0 saturated carbocycles. The summed E-state index contributed by atoms with van der Waals surface area (Å²) < 4.78 is 31.4. The van der Waals surface area contributed by atoms with Crippen LogP contribution in [0.15, 0.2) is 46.1 Å². The Bertz CT molecular complexity index is 894. The van der Waals surface area contributed by atoms with Crippen LogP contribution in [-0.4, -0.2) is 62.0 Å². The van der Waals surface area contributed by atoms with Crippen molar-refractivity contribution in [3.63, 3.8) is 0 Å². The van der Waals surface area contributed by atoms with Crippen LogP contribution in [0.5, 0.6) is 0 Å². The number of hydrogen-bond donors (Lipinski definition) is 1. The normalized spacial score (nSPS) is 15.8. The first-order valence-corrected chi connectivity index (χ1v) is 11.0. The predicted molar refractivity (Wildman–Crippen MR) is 124 cm³/mol. The fraction of sp³-hybridized carbons (Fsp3) is 0.474. The topological polar surface area (TPSA) is 91.0 Å². The Balaban J connectivity index is 0.00000300. The molecule has 3 rings (SSSR count). The van der Waals surface area contributed by atoms with Crippen LogP contribution in [0.25, 0.3) is 0 Å². The summed E-state index contributed by atoms with van der Waals surface area (Å²) in [5, 5.41) is 7.11. The van der Waals surface area contributed by atoms with Crippen LogP contribution in [0.1, 0.15) is 23.7 Å². The number of nitrogens with zero attached hydrogens (tertiary/aromatic N) is 4. The summed E-state index contributed by atoms with van der Waals surface area (Å²) in [6.07, 6.45) is 2.37. The van der Waals surface area contributed by atoms with Crippen molar-refractivity contribution in [3.05, 3.63) is 53.4 Å². The number of hydrogen-bond acceptors (Lipinski definition) is 5. The van der Waals surface area contributed by atoms with Gasteiger partial charge in [0, 0.05) is 45.8 Å². The first kappa shape index (κ1) is 23.6. The Morgan fingerprint density at radius 1 is 1.17 bits per heavy atom. The van der Waals surface area contributed by atoms with Crippen LogP contribution in [0.2, 0.25) is 0 Å². The standard InChI is InChI=1S/C19H27N5O3S.HI/c1-3-16-6-4-5-7-17(16)14-21-19(20-2)23-9-11-24(12-10-23)28(25,26)15-18-8-13-27-22-18;/h4-8,13H,3,9-12,14-15H2,1-2H3,(H,20,21);1H. The van der Waals surface area contributed by atoms with Crippen LogP contribution >= 0.6 is 24.0 Å². The van der Waals surface area contributed by atoms with E-state index in [-0.39, 0.29) is 29.7 Å². The van der Waals surface area contributed by atoms with Crippen molar-refractivity contribution in [2.75, 3.05) is 33.2 Å². The van der Waals surface area contributed by atoms with E-state index in [0.717, 1.165) is 12.4 Å². The highest BCUT2D eigenvalue weighted by atomic mass is 127. The quantitative estimate of drug-likeness (QED) is 0.348. The van der Waals surface area contributed by atoms with Gasteiger partial charge >= 0.3 is 0 Å². The van der Waals surface area contributed by atoms with Crippen molar-refractivity contribution in [2.24, 2.45) is 4.99 Å². The fourth-order valence-corrected chi connectivity index (χ4v) is 4.77. The number of guanidine groups is 1. The van der Waals surface area contributed by atoms with Gasteiger partial charge in [-0.15, -0.1) is 24.0 Å². The van der Waals surface area contributed by atoms with E-state index >= 15 is 0 Å². The minimum absolute atomic E-state index is 0. The van der Waals surface area contributed by atoms with E-state index in [0.29, 0.717) is 38.4 Å². The number of aliphatic imine (C=N–C) groups is 1. The number of sulfonamides is 1. The van der Waals surface area contributed by atoms with Gasteiger partial charge in [0.1, 0.15) is 12.0 Å². The second kappa shape index (κ2) is 10.9. The molecule has 1 N–H and O–H groups in total. The summed E-state index contributed by atoms with van der Waals surface area (Å²) in [7, 11) is -1.65. The number of benzene rings is 1. The third-order valence-electron chi connectivity index (χ3n) is 4.90. The molecule has 0 atom stereocenters. The van der Waals surface area contributed by atoms with Gasteiger partial charge in [0.25, 0.3) is 0 Å². The van der Waals surface area contributed by atoms with Crippen LogP contribution in [-0.2, 0) is 28.7 Å². The van der Waals surface area contributed by atoms with E-state index in [1.165, 1.54) is 21.7 Å². The summed E-state index contributed by atoms with van der Waals surface area (Å²) in [6.45, 7) is 4.87. The van der Waals surface area contributed by atoms with Crippen molar-refractivity contribution in [1.29, 1.82) is 0 Å². The molecule has 2 heterocycles. The highest BCUT2D eigenvalue weighted by Crippen LogP contribution is 2.13. The molecule has 0 radical (unpaired) electrons. The molecule has 10 heteroatoms. The molecule has 0 amide bonds. The Labute approximate surface area is 189 Å². The van der Waals surface area contributed by atoms with E-state index in [1.54, 1.807) is 13.1 Å². The summed E-state index contributed by atoms with van der Waals surface area (Å²) in [4.78, 5) is 6.47. The molecule has 160 valence electrons. The molecule has 1 aromatic heterocycles. The maximum Gasteiger partial charge on any atom is 0.220 e. The number of aryl methyl sites for hydroxylation is 1. The average molecular weight is 533 g/mol. The van der Waals surface area contributed by atoms with Crippen LogP contribution in [0.4, 0.5) is 0 Å². The molecular formula is C19H28IN5O3S. The predicted octanol–water partition coefficient (Wildman–Crippen LogP) is 2.08. The molecule has 0 aliphatic carbocycles. The molecule has 1 saturated heterocycles. The van der Waals surface area contributed by atoms with Gasteiger partial charge < -0.3 is 14.7 Å². The molecular weight excluding hydrogens is 505 g/mol. The molecule has 1 aromatic carbocycles. The van der Waals surface area contributed by atoms with Gasteiger partial charge in [0.15, 0.2) is 5.96 Å². The lowest BCUT2D eigenvalue weighted by molar-refractivity contribution is 0.259. The molecule has 0 bridgehead atoms. The molecule has 0 spiro atoms. The lowest BCUT2D eigenvalue weighted by Gasteiger charge is -2.35. The van der Waals surface area contributed by atoms with Crippen LogP contribution < -0.4 is 5.32 Å². The molecule has 0 unspecified atom stereocenters. The van der Waals surface area contributed by atoms with Gasteiger partial charge in [-0.1, -0.05) is 36.3 Å². The van der Waals surface area contributed by atoms with Gasteiger partial charge in [-0.25, -0.2) is 8.42 Å². The Morgan fingerprint density at radius 2 is 1.86 bits per heavy atom. The molecule has 29 heavy (non-hydrogen) atoms. The highest BCUT2D eigenvalue weighted by molar-refractivity contribution is 14.0. The van der Waals surface area contributed by atoms with Gasteiger partial charge in [-0.05, 0) is 17.5 Å². The van der Waals surface area contributed by atoms with E-state index in [1.807, 2.05) is 6.07 Å². The maximum absolute atomic E-state index is 12.6. The summed E-state index contributed by atoms with van der Waals surface area (Å²) in [5.41, 5.74) is 2.99.